The van der Waals surface area contributed by atoms with Crippen LogP contribution in [0.1, 0.15) is 25.0 Å². The molecule has 2 N–H and O–H groups in total. The van der Waals surface area contributed by atoms with Gasteiger partial charge >= 0.3 is 35.6 Å². The number of aryl methyl sites for hydroxylation is 1. The first kappa shape index (κ1) is 31.9. The quantitative estimate of drug-likeness (QED) is 0.185. The molecule has 0 fully saturated rings. The Hall–Kier alpha value is -2.61. The molecule has 0 spiro atoms. The molecule has 40 heavy (non-hydrogen) atoms. The number of nitrogens with one attached hydrogen (secondary N) is 1. The van der Waals surface area contributed by atoms with Gasteiger partial charge in [-0.3, -0.25) is 4.72 Å². The van der Waals surface area contributed by atoms with Crippen molar-refractivity contribution >= 4 is 31.8 Å². The Balaban J connectivity index is 0.00000441. The molecule has 10 nitrogen and oxygen atoms in total. The maximum atomic E-state index is 13.3. The van der Waals surface area contributed by atoms with Crippen molar-refractivity contribution in [2.75, 3.05) is 24.5 Å². The topological polar surface area (TPSA) is 136 Å². The zero-order valence-corrected chi connectivity index (χ0v) is 27.0. The van der Waals surface area contributed by atoms with Crippen LogP contribution in [-0.4, -0.2) is 53.3 Å². The van der Waals surface area contributed by atoms with Gasteiger partial charge in [-0.15, -0.1) is 0 Å². The molecule has 4 rings (SSSR count). The summed E-state index contributed by atoms with van der Waals surface area (Å²) in [6, 6.07) is 14.1. The van der Waals surface area contributed by atoms with Crippen molar-refractivity contribution < 1.29 is 52.6 Å². The molecule has 13 heteroatoms. The van der Waals surface area contributed by atoms with Gasteiger partial charge < -0.3 is 14.6 Å². The Bertz CT molecular complexity index is 1520. The van der Waals surface area contributed by atoms with E-state index in [1.54, 1.807) is 24.5 Å². The normalized spacial score (nSPS) is 11.4. The Morgan fingerprint density at radius 2 is 1.55 bits per heavy atom. The van der Waals surface area contributed by atoms with Gasteiger partial charge in [0.2, 0.25) is 5.88 Å². The van der Waals surface area contributed by atoms with Gasteiger partial charge in [0, 0.05) is 17.8 Å². The molecule has 2 aromatic heterocycles. The van der Waals surface area contributed by atoms with Crippen molar-refractivity contribution in [1.29, 1.82) is 0 Å². The van der Waals surface area contributed by atoms with Gasteiger partial charge in [-0.05, 0) is 46.1 Å². The average Bonchev–Trinajstić information content (AvgIpc) is 2.93. The Labute approximate surface area is 264 Å². The fraction of sp³-hybridized carbons (Fsp3) is 0.259. The number of anilines is 1. The minimum atomic E-state index is -4.01. The zero-order chi connectivity index (χ0) is 28.0. The Morgan fingerprint density at radius 3 is 2.17 bits per heavy atom. The number of aliphatic hydroxyl groups excluding tert-OH is 1. The van der Waals surface area contributed by atoms with Crippen molar-refractivity contribution in [3.8, 4) is 23.0 Å². The Morgan fingerprint density at radius 1 is 0.925 bits per heavy atom. The van der Waals surface area contributed by atoms with Crippen LogP contribution >= 0.6 is 15.9 Å². The van der Waals surface area contributed by atoms with Crippen LogP contribution in [-0.2, 0) is 15.4 Å². The summed E-state index contributed by atoms with van der Waals surface area (Å²) in [6.45, 7) is 5.88. The predicted octanol–water partition coefficient (Wildman–Crippen LogP) is 1.54. The minimum absolute atomic E-state index is 0. The molecule has 0 saturated heterocycles. The first-order valence-corrected chi connectivity index (χ1v) is 14.3. The van der Waals surface area contributed by atoms with E-state index in [4.69, 9.17) is 9.47 Å². The molecular weight excluding hydrogens is 609 g/mol. The van der Waals surface area contributed by atoms with E-state index in [1.807, 2.05) is 45.0 Å². The SMILES string of the molecule is Cc1ccc(-c2c(NS(=O)(=O)c3ccc(C(C)(C)CO)cc3)ncnc2OCCOc2ncc(Br)cn2)cc1.[Na+]. The van der Waals surface area contributed by atoms with E-state index >= 15 is 0 Å². The third-order valence-electron chi connectivity index (χ3n) is 5.88. The summed E-state index contributed by atoms with van der Waals surface area (Å²) in [5.41, 5.74) is 2.41. The van der Waals surface area contributed by atoms with E-state index < -0.39 is 15.4 Å². The summed E-state index contributed by atoms with van der Waals surface area (Å²) in [6.07, 6.45) is 4.38. The van der Waals surface area contributed by atoms with Gasteiger partial charge in [0.15, 0.2) is 5.82 Å². The number of ether oxygens (including phenoxy) is 2. The first-order chi connectivity index (χ1) is 18.6. The second-order valence-corrected chi connectivity index (χ2v) is 11.9. The van der Waals surface area contributed by atoms with Crippen LogP contribution in [0.5, 0.6) is 11.9 Å². The number of sulfonamides is 1. The Kier molecular flexibility index (Phi) is 11.0. The number of aliphatic hydroxyl groups is 1. The molecule has 0 aliphatic heterocycles. The monoisotopic (exact) mass is 636 g/mol. The third-order valence-corrected chi connectivity index (χ3v) is 7.64. The van der Waals surface area contributed by atoms with Gasteiger partial charge in [-0.25, -0.2) is 28.4 Å². The number of rotatable bonds is 11. The molecule has 4 aromatic rings. The van der Waals surface area contributed by atoms with Crippen LogP contribution in [0.4, 0.5) is 5.82 Å². The van der Waals surface area contributed by atoms with Crippen molar-refractivity contribution in [2.45, 2.75) is 31.1 Å². The van der Waals surface area contributed by atoms with Crippen LogP contribution < -0.4 is 43.8 Å². The summed E-state index contributed by atoms with van der Waals surface area (Å²) in [5, 5.41) is 9.63. The second-order valence-electron chi connectivity index (χ2n) is 9.32. The molecular formula is C27H28BrN5NaO5S+. The molecule has 204 valence electrons. The van der Waals surface area contributed by atoms with Crippen LogP contribution in [0.25, 0.3) is 11.1 Å². The van der Waals surface area contributed by atoms with Crippen LogP contribution in [0, 0.1) is 6.92 Å². The molecule has 2 heterocycles. The standard InChI is InChI=1S/C27H28BrN5O5S.Na/c1-18-4-6-19(7-5-18)23-24(33-39(35,36)22-10-8-20(9-11-22)27(2,3)16-34)31-17-32-25(23)37-12-13-38-26-29-14-21(28)15-30-26;/h4-11,14-15,17,34H,12-13,16H2,1-3H3,(H,31,32,33);/q;+1. The van der Waals surface area contributed by atoms with Crippen molar-refractivity contribution in [3.05, 3.63) is 82.9 Å². The molecule has 0 atom stereocenters. The molecule has 2 aromatic carbocycles. The van der Waals surface area contributed by atoms with E-state index in [0.29, 0.717) is 11.1 Å². The van der Waals surface area contributed by atoms with Gasteiger partial charge in [-0.1, -0.05) is 55.8 Å². The van der Waals surface area contributed by atoms with Crippen LogP contribution in [0.2, 0.25) is 0 Å². The molecule has 0 unspecified atom stereocenters. The number of aromatic nitrogens is 4. The average molecular weight is 638 g/mol. The van der Waals surface area contributed by atoms with Crippen molar-refractivity contribution in [1.82, 2.24) is 19.9 Å². The van der Waals surface area contributed by atoms with Crippen molar-refractivity contribution in [3.63, 3.8) is 0 Å². The molecule has 0 amide bonds. The fourth-order valence-electron chi connectivity index (χ4n) is 3.55. The maximum absolute atomic E-state index is 13.3. The smallest absolute Gasteiger partial charge is 0.473 e. The maximum Gasteiger partial charge on any atom is 1.00 e. The summed E-state index contributed by atoms with van der Waals surface area (Å²) in [4.78, 5) is 16.7. The predicted molar refractivity (Wildman–Crippen MR) is 150 cm³/mol. The summed E-state index contributed by atoms with van der Waals surface area (Å²) in [5.74, 6) is 0.257. The van der Waals surface area contributed by atoms with Crippen LogP contribution in [0.15, 0.2) is 76.6 Å². The van der Waals surface area contributed by atoms with Crippen molar-refractivity contribution in [2.24, 2.45) is 0 Å². The van der Waals surface area contributed by atoms with E-state index in [1.165, 1.54) is 18.5 Å². The minimum Gasteiger partial charge on any atom is -0.473 e. The van der Waals surface area contributed by atoms with Gasteiger partial charge in [0.05, 0.1) is 21.5 Å². The number of benzene rings is 2. The molecule has 0 saturated carbocycles. The summed E-state index contributed by atoms with van der Waals surface area (Å²) < 4.78 is 41.4. The zero-order valence-electron chi connectivity index (χ0n) is 22.6. The van der Waals surface area contributed by atoms with E-state index in [0.717, 1.165) is 15.6 Å². The summed E-state index contributed by atoms with van der Waals surface area (Å²) >= 11 is 3.27. The first-order valence-electron chi connectivity index (χ1n) is 12.0. The number of nitrogens with zero attached hydrogens (tertiary/aromatic N) is 4. The second kappa shape index (κ2) is 13.8. The van der Waals surface area contributed by atoms with E-state index in [2.05, 4.69) is 40.6 Å². The van der Waals surface area contributed by atoms with E-state index in [9.17, 15) is 13.5 Å². The van der Waals surface area contributed by atoms with Gasteiger partial charge in [0.1, 0.15) is 19.5 Å². The summed E-state index contributed by atoms with van der Waals surface area (Å²) in [7, 11) is -4.01. The number of hydrogen-bond acceptors (Lipinski definition) is 9. The molecule has 0 bridgehead atoms. The fourth-order valence-corrected chi connectivity index (χ4v) is 4.77. The molecule has 0 aliphatic carbocycles. The third kappa shape index (κ3) is 7.99. The molecule has 0 radical (unpaired) electrons. The number of hydrogen-bond donors (Lipinski definition) is 2. The van der Waals surface area contributed by atoms with Gasteiger partial charge in [-0.2, -0.15) is 0 Å². The van der Waals surface area contributed by atoms with Gasteiger partial charge in [0.25, 0.3) is 10.0 Å². The largest absolute Gasteiger partial charge is 1.00 e. The van der Waals surface area contributed by atoms with Crippen LogP contribution in [0.3, 0.4) is 0 Å². The molecule has 0 aliphatic rings. The van der Waals surface area contributed by atoms with E-state index in [-0.39, 0.29) is 72.0 Å². The number of halogens is 1.